The molecular formula is C21H27NO5. The second-order valence-electron chi connectivity index (χ2n) is 6.09. The number of carbonyl (C=O) groups is 1. The molecule has 0 aromatic heterocycles. The molecule has 146 valence electrons. The van der Waals surface area contributed by atoms with Gasteiger partial charge in [-0.1, -0.05) is 0 Å². The van der Waals surface area contributed by atoms with Gasteiger partial charge in [-0.2, -0.15) is 0 Å². The fourth-order valence-electron chi connectivity index (χ4n) is 2.82. The van der Waals surface area contributed by atoms with Gasteiger partial charge in [0.05, 0.1) is 27.9 Å². The summed E-state index contributed by atoms with van der Waals surface area (Å²) in [5.74, 6) is 2.37. The molecule has 1 amide bonds. The first-order chi connectivity index (χ1) is 12.9. The first kappa shape index (κ1) is 20.4. The maximum absolute atomic E-state index is 12.8. The average Bonchev–Trinajstić information content (AvgIpc) is 2.68. The molecule has 6 heteroatoms. The van der Waals surface area contributed by atoms with E-state index in [4.69, 9.17) is 18.9 Å². The lowest BCUT2D eigenvalue weighted by atomic mass is 10.1. The minimum atomic E-state index is -0.106. The van der Waals surface area contributed by atoms with E-state index in [1.807, 2.05) is 26.0 Å². The fourth-order valence-corrected chi connectivity index (χ4v) is 2.82. The van der Waals surface area contributed by atoms with Gasteiger partial charge in [0.1, 0.15) is 0 Å². The van der Waals surface area contributed by atoms with E-state index in [9.17, 15) is 4.79 Å². The summed E-state index contributed by atoms with van der Waals surface area (Å²) in [7, 11) is 6.52. The van der Waals surface area contributed by atoms with E-state index < -0.39 is 0 Å². The Balaban J connectivity index is 2.23. The van der Waals surface area contributed by atoms with Crippen LogP contribution in [0.5, 0.6) is 23.0 Å². The Kier molecular flexibility index (Phi) is 6.93. The molecule has 0 spiro atoms. The van der Waals surface area contributed by atoms with Crippen LogP contribution < -0.4 is 18.9 Å². The number of aryl methyl sites for hydroxylation is 1. The summed E-state index contributed by atoms with van der Waals surface area (Å²) >= 11 is 0. The van der Waals surface area contributed by atoms with Crippen molar-refractivity contribution in [3.8, 4) is 23.0 Å². The number of hydrogen-bond donors (Lipinski definition) is 0. The van der Waals surface area contributed by atoms with Crippen molar-refractivity contribution in [2.75, 3.05) is 35.0 Å². The van der Waals surface area contributed by atoms with Gasteiger partial charge in [-0.15, -0.1) is 0 Å². The van der Waals surface area contributed by atoms with Crippen molar-refractivity contribution >= 4 is 5.91 Å². The minimum absolute atomic E-state index is 0.106. The van der Waals surface area contributed by atoms with Crippen LogP contribution >= 0.6 is 0 Å². The monoisotopic (exact) mass is 373 g/mol. The molecule has 0 fully saturated rings. The average molecular weight is 373 g/mol. The van der Waals surface area contributed by atoms with E-state index in [0.29, 0.717) is 41.7 Å². The topological polar surface area (TPSA) is 57.2 Å². The van der Waals surface area contributed by atoms with Crippen molar-refractivity contribution < 1.29 is 23.7 Å². The SMILES string of the molecule is CCOc1ccc(C(=O)N(C)Cc2cc(OC)c(OC)cc2C)cc1OC. The van der Waals surface area contributed by atoms with Crippen molar-refractivity contribution in [2.45, 2.75) is 20.4 Å². The number of ether oxygens (including phenoxy) is 4. The number of amides is 1. The molecular weight excluding hydrogens is 346 g/mol. The Bertz CT molecular complexity index is 803. The van der Waals surface area contributed by atoms with Gasteiger partial charge in [0, 0.05) is 19.2 Å². The molecule has 0 N–H and O–H groups in total. The summed E-state index contributed by atoms with van der Waals surface area (Å²) in [6.45, 7) is 4.86. The van der Waals surface area contributed by atoms with Gasteiger partial charge < -0.3 is 23.8 Å². The third kappa shape index (κ3) is 4.64. The maximum Gasteiger partial charge on any atom is 0.254 e. The van der Waals surface area contributed by atoms with Gasteiger partial charge in [0.15, 0.2) is 23.0 Å². The number of hydrogen-bond acceptors (Lipinski definition) is 5. The largest absolute Gasteiger partial charge is 0.493 e. The molecule has 0 atom stereocenters. The summed E-state index contributed by atoms with van der Waals surface area (Å²) in [6, 6.07) is 9.01. The van der Waals surface area contributed by atoms with E-state index in [2.05, 4.69) is 0 Å². The summed E-state index contributed by atoms with van der Waals surface area (Å²) in [5, 5.41) is 0. The van der Waals surface area contributed by atoms with Gasteiger partial charge in [0.25, 0.3) is 5.91 Å². The fraction of sp³-hybridized carbons (Fsp3) is 0.381. The molecule has 0 aliphatic rings. The molecule has 0 aliphatic heterocycles. The zero-order chi connectivity index (χ0) is 20.0. The first-order valence-electron chi connectivity index (χ1n) is 8.72. The standard InChI is InChI=1S/C21H27NO5/c1-7-27-17-9-8-15(11-19(17)25-5)21(23)22(3)13-16-12-20(26-6)18(24-4)10-14(16)2/h8-12H,7,13H2,1-6H3. The molecule has 0 unspecified atom stereocenters. The number of rotatable bonds is 8. The third-order valence-corrected chi connectivity index (χ3v) is 4.31. The second kappa shape index (κ2) is 9.16. The second-order valence-corrected chi connectivity index (χ2v) is 6.09. The quantitative estimate of drug-likeness (QED) is 0.706. The number of methoxy groups -OCH3 is 3. The summed E-state index contributed by atoms with van der Waals surface area (Å²) in [5.41, 5.74) is 2.55. The van der Waals surface area contributed by atoms with Crippen LogP contribution in [0.3, 0.4) is 0 Å². The molecule has 0 radical (unpaired) electrons. The van der Waals surface area contributed by atoms with Crippen molar-refractivity contribution in [1.82, 2.24) is 4.90 Å². The Labute approximate surface area is 160 Å². The minimum Gasteiger partial charge on any atom is -0.493 e. The Morgan fingerprint density at radius 1 is 0.926 bits per heavy atom. The van der Waals surface area contributed by atoms with Crippen LogP contribution in [0.4, 0.5) is 0 Å². The molecule has 2 aromatic rings. The number of benzene rings is 2. The van der Waals surface area contributed by atoms with E-state index in [1.165, 1.54) is 0 Å². The highest BCUT2D eigenvalue weighted by atomic mass is 16.5. The maximum atomic E-state index is 12.8. The Hall–Kier alpha value is -2.89. The highest BCUT2D eigenvalue weighted by molar-refractivity contribution is 5.94. The van der Waals surface area contributed by atoms with Crippen LogP contribution in [-0.2, 0) is 6.54 Å². The van der Waals surface area contributed by atoms with E-state index >= 15 is 0 Å². The van der Waals surface area contributed by atoms with Gasteiger partial charge in [-0.25, -0.2) is 0 Å². The molecule has 0 saturated carbocycles. The zero-order valence-corrected chi connectivity index (χ0v) is 16.8. The predicted molar refractivity (Wildman–Crippen MR) is 104 cm³/mol. The van der Waals surface area contributed by atoms with Crippen LogP contribution in [0.25, 0.3) is 0 Å². The van der Waals surface area contributed by atoms with Crippen molar-refractivity contribution in [1.29, 1.82) is 0 Å². The van der Waals surface area contributed by atoms with Crippen LogP contribution in [0, 0.1) is 6.92 Å². The smallest absolute Gasteiger partial charge is 0.254 e. The lowest BCUT2D eigenvalue weighted by Gasteiger charge is -2.20. The molecule has 0 bridgehead atoms. The normalized spacial score (nSPS) is 10.3. The van der Waals surface area contributed by atoms with Crippen LogP contribution in [0.1, 0.15) is 28.4 Å². The van der Waals surface area contributed by atoms with Crippen LogP contribution in [-0.4, -0.2) is 45.8 Å². The van der Waals surface area contributed by atoms with E-state index in [-0.39, 0.29) is 5.91 Å². The summed E-state index contributed by atoms with van der Waals surface area (Å²) in [4.78, 5) is 14.5. The predicted octanol–water partition coefficient (Wildman–Crippen LogP) is 3.69. The highest BCUT2D eigenvalue weighted by Crippen LogP contribution is 2.31. The summed E-state index contributed by atoms with van der Waals surface area (Å²) < 4.78 is 21.5. The third-order valence-electron chi connectivity index (χ3n) is 4.31. The lowest BCUT2D eigenvalue weighted by molar-refractivity contribution is 0.0784. The van der Waals surface area contributed by atoms with Gasteiger partial charge in [-0.3, -0.25) is 4.79 Å². The van der Waals surface area contributed by atoms with Gasteiger partial charge in [-0.05, 0) is 55.3 Å². The highest BCUT2D eigenvalue weighted by Gasteiger charge is 2.17. The van der Waals surface area contributed by atoms with Gasteiger partial charge in [0.2, 0.25) is 0 Å². The first-order valence-corrected chi connectivity index (χ1v) is 8.72. The van der Waals surface area contributed by atoms with Gasteiger partial charge >= 0.3 is 0 Å². The van der Waals surface area contributed by atoms with E-state index in [0.717, 1.165) is 11.1 Å². The zero-order valence-electron chi connectivity index (χ0n) is 16.8. The molecule has 0 heterocycles. The lowest BCUT2D eigenvalue weighted by Crippen LogP contribution is -2.26. The molecule has 2 rings (SSSR count). The molecule has 27 heavy (non-hydrogen) atoms. The Morgan fingerprint density at radius 2 is 1.52 bits per heavy atom. The van der Waals surface area contributed by atoms with Crippen molar-refractivity contribution in [3.63, 3.8) is 0 Å². The summed E-state index contributed by atoms with van der Waals surface area (Å²) in [6.07, 6.45) is 0. The Morgan fingerprint density at radius 3 is 2.11 bits per heavy atom. The molecule has 0 aliphatic carbocycles. The molecule has 6 nitrogen and oxygen atoms in total. The number of carbonyl (C=O) groups excluding carboxylic acids is 1. The van der Waals surface area contributed by atoms with Crippen LogP contribution in [0.15, 0.2) is 30.3 Å². The molecule has 0 saturated heterocycles. The van der Waals surface area contributed by atoms with E-state index in [1.54, 1.807) is 51.5 Å². The van der Waals surface area contributed by atoms with Crippen molar-refractivity contribution in [3.05, 3.63) is 47.0 Å². The van der Waals surface area contributed by atoms with Crippen molar-refractivity contribution in [2.24, 2.45) is 0 Å². The van der Waals surface area contributed by atoms with Crippen LogP contribution in [0.2, 0.25) is 0 Å². The molecule has 2 aromatic carbocycles. The number of nitrogens with zero attached hydrogens (tertiary/aromatic N) is 1.